The highest BCUT2D eigenvalue weighted by Gasteiger charge is 2.32. The van der Waals surface area contributed by atoms with Gasteiger partial charge in [-0.2, -0.15) is 4.98 Å². The first-order chi connectivity index (χ1) is 21.3. The molecule has 2 aliphatic rings. The summed E-state index contributed by atoms with van der Waals surface area (Å²) >= 11 is 0. The topological polar surface area (TPSA) is 103 Å². The molecule has 2 aromatic carbocycles. The Morgan fingerprint density at radius 3 is 2.73 bits per heavy atom. The number of methoxy groups -OCH3 is 1. The van der Waals surface area contributed by atoms with Crippen LogP contribution in [-0.4, -0.2) is 70.8 Å². The van der Waals surface area contributed by atoms with Crippen LogP contribution in [0.4, 0.5) is 15.9 Å². The number of carbonyl (C=O) groups excluding carboxylic acids is 2. The van der Waals surface area contributed by atoms with E-state index in [-0.39, 0.29) is 42.8 Å². The Morgan fingerprint density at radius 1 is 1.18 bits per heavy atom. The lowest BCUT2D eigenvalue weighted by Gasteiger charge is -2.37. The maximum Gasteiger partial charge on any atom is 0.337 e. The van der Waals surface area contributed by atoms with Crippen LogP contribution in [0.3, 0.4) is 0 Å². The number of esters is 1. The molecule has 2 atom stereocenters. The number of rotatable bonds is 9. The SMILES string of the molecule is [C-]#[N+]c1ccc(COc2cccc(N3CCN([C@@H](C)c4nc5ccc(C(=O)OC)cc5n4C[C@@H]4CCO4)CC3=O)n2)c(F)c1. The molecule has 0 N–H and O–H groups in total. The third-order valence-corrected chi connectivity index (χ3v) is 8.08. The normalized spacial score (nSPS) is 17.6. The number of halogens is 1. The van der Waals surface area contributed by atoms with Crippen LogP contribution in [0.1, 0.15) is 41.1 Å². The van der Waals surface area contributed by atoms with Crippen LogP contribution in [0.25, 0.3) is 15.9 Å². The van der Waals surface area contributed by atoms with Crippen molar-refractivity contribution in [2.45, 2.75) is 38.6 Å². The largest absolute Gasteiger partial charge is 0.473 e. The molecule has 2 fully saturated rings. The van der Waals surface area contributed by atoms with E-state index in [1.54, 1.807) is 35.2 Å². The van der Waals surface area contributed by atoms with Crippen LogP contribution >= 0.6 is 0 Å². The number of imidazole rings is 1. The smallest absolute Gasteiger partial charge is 0.337 e. The number of benzene rings is 2. The molecular weight excluding hydrogens is 567 g/mol. The predicted octanol–water partition coefficient (Wildman–Crippen LogP) is 4.69. The van der Waals surface area contributed by atoms with Crippen molar-refractivity contribution >= 4 is 34.4 Å². The second-order valence-electron chi connectivity index (χ2n) is 10.8. The van der Waals surface area contributed by atoms with Gasteiger partial charge in [0.2, 0.25) is 11.8 Å². The van der Waals surface area contributed by atoms with E-state index in [4.69, 9.17) is 25.8 Å². The highest BCUT2D eigenvalue weighted by molar-refractivity contribution is 5.95. The Labute approximate surface area is 253 Å². The summed E-state index contributed by atoms with van der Waals surface area (Å²) in [5.74, 6) is 0.455. The van der Waals surface area contributed by atoms with Crippen LogP contribution in [0.15, 0.2) is 54.6 Å². The molecule has 0 spiro atoms. The molecule has 2 saturated heterocycles. The molecular formula is C32H31FN6O5. The molecule has 0 bridgehead atoms. The van der Waals surface area contributed by atoms with E-state index >= 15 is 0 Å². The number of hydrogen-bond donors (Lipinski definition) is 0. The van der Waals surface area contributed by atoms with Gasteiger partial charge in [0, 0.05) is 31.3 Å². The van der Waals surface area contributed by atoms with Crippen LogP contribution in [0.5, 0.6) is 5.88 Å². The summed E-state index contributed by atoms with van der Waals surface area (Å²) in [4.78, 5) is 42.0. The maximum atomic E-state index is 14.3. The molecule has 226 valence electrons. The molecule has 0 radical (unpaired) electrons. The van der Waals surface area contributed by atoms with Crippen LogP contribution in [0.2, 0.25) is 0 Å². The average Bonchev–Trinajstić information content (AvgIpc) is 3.38. The van der Waals surface area contributed by atoms with Crippen molar-refractivity contribution in [2.75, 3.05) is 38.3 Å². The van der Waals surface area contributed by atoms with Gasteiger partial charge in [-0.1, -0.05) is 18.2 Å². The van der Waals surface area contributed by atoms with Gasteiger partial charge in [-0.15, -0.1) is 0 Å². The molecule has 12 heteroatoms. The monoisotopic (exact) mass is 598 g/mol. The number of anilines is 1. The van der Waals surface area contributed by atoms with Crippen molar-refractivity contribution in [3.05, 3.63) is 88.8 Å². The lowest BCUT2D eigenvalue weighted by molar-refractivity contribution is -0.122. The van der Waals surface area contributed by atoms with E-state index < -0.39 is 11.8 Å². The van der Waals surface area contributed by atoms with E-state index in [0.717, 1.165) is 29.9 Å². The van der Waals surface area contributed by atoms with Gasteiger partial charge in [-0.25, -0.2) is 19.0 Å². The van der Waals surface area contributed by atoms with E-state index in [1.807, 2.05) is 13.0 Å². The van der Waals surface area contributed by atoms with Crippen molar-refractivity contribution in [3.8, 4) is 5.88 Å². The third kappa shape index (κ3) is 5.84. The van der Waals surface area contributed by atoms with Crippen molar-refractivity contribution in [2.24, 2.45) is 0 Å². The number of aromatic nitrogens is 3. The Morgan fingerprint density at radius 2 is 2.02 bits per heavy atom. The molecule has 0 aliphatic carbocycles. The second-order valence-corrected chi connectivity index (χ2v) is 10.8. The Hall–Kier alpha value is -4.86. The quantitative estimate of drug-likeness (QED) is 0.202. The van der Waals surface area contributed by atoms with Gasteiger partial charge in [-0.05, 0) is 43.7 Å². The van der Waals surface area contributed by atoms with Gasteiger partial charge in [0.15, 0.2) is 5.69 Å². The summed E-state index contributed by atoms with van der Waals surface area (Å²) < 4.78 is 32.7. The number of ether oxygens (including phenoxy) is 3. The summed E-state index contributed by atoms with van der Waals surface area (Å²) in [6.07, 6.45) is 1.01. The summed E-state index contributed by atoms with van der Waals surface area (Å²) in [5, 5.41) is 0. The van der Waals surface area contributed by atoms with E-state index in [9.17, 15) is 14.0 Å². The first-order valence-electron chi connectivity index (χ1n) is 14.3. The Bertz CT molecular complexity index is 1760. The fourth-order valence-electron chi connectivity index (χ4n) is 5.47. The molecule has 0 unspecified atom stereocenters. The van der Waals surface area contributed by atoms with Gasteiger partial charge in [0.05, 0.1) is 55.5 Å². The fourth-order valence-corrected chi connectivity index (χ4v) is 5.47. The molecule has 11 nitrogen and oxygen atoms in total. The number of fused-ring (bicyclic) bond motifs is 1. The number of amides is 1. The van der Waals surface area contributed by atoms with Gasteiger partial charge in [0.1, 0.15) is 24.1 Å². The molecule has 0 saturated carbocycles. The minimum Gasteiger partial charge on any atom is -0.473 e. The molecule has 4 heterocycles. The van der Waals surface area contributed by atoms with E-state index in [1.165, 1.54) is 25.3 Å². The third-order valence-electron chi connectivity index (χ3n) is 8.08. The first kappa shape index (κ1) is 29.2. The van der Waals surface area contributed by atoms with Crippen molar-refractivity contribution in [1.82, 2.24) is 19.4 Å². The number of nitrogens with zero attached hydrogens (tertiary/aromatic N) is 6. The lowest BCUT2D eigenvalue weighted by Crippen LogP contribution is -2.51. The average molecular weight is 599 g/mol. The predicted molar refractivity (Wildman–Crippen MR) is 159 cm³/mol. The van der Waals surface area contributed by atoms with E-state index in [0.29, 0.717) is 36.6 Å². The first-order valence-corrected chi connectivity index (χ1v) is 14.3. The zero-order valence-corrected chi connectivity index (χ0v) is 24.4. The Kier molecular flexibility index (Phi) is 8.23. The zero-order valence-electron chi connectivity index (χ0n) is 24.4. The molecule has 1 amide bonds. The van der Waals surface area contributed by atoms with Crippen molar-refractivity contribution < 1.29 is 28.2 Å². The van der Waals surface area contributed by atoms with Crippen molar-refractivity contribution in [1.29, 1.82) is 0 Å². The number of piperazine rings is 1. The molecule has 2 aromatic heterocycles. The Balaban J connectivity index is 1.17. The fraction of sp³-hybridized carbons (Fsp3) is 0.344. The van der Waals surface area contributed by atoms with E-state index in [2.05, 4.69) is 19.3 Å². The van der Waals surface area contributed by atoms with Gasteiger partial charge < -0.3 is 18.8 Å². The molecule has 4 aromatic rings. The summed E-state index contributed by atoms with van der Waals surface area (Å²) in [6.45, 7) is 11.4. The highest BCUT2D eigenvalue weighted by Crippen LogP contribution is 2.30. The summed E-state index contributed by atoms with van der Waals surface area (Å²) in [5.41, 5.74) is 2.54. The maximum absolute atomic E-state index is 14.3. The number of carbonyl (C=O) groups is 2. The molecule has 44 heavy (non-hydrogen) atoms. The van der Waals surface area contributed by atoms with Gasteiger partial charge in [0.25, 0.3) is 0 Å². The zero-order chi connectivity index (χ0) is 30.8. The second kappa shape index (κ2) is 12.4. The number of hydrogen-bond acceptors (Lipinski definition) is 8. The summed E-state index contributed by atoms with van der Waals surface area (Å²) in [7, 11) is 1.36. The number of pyridine rings is 1. The molecule has 6 rings (SSSR count). The standard InChI is InChI=1S/C32H31FN6O5/c1-20(31-35-26-10-8-21(32(41)42-3)15-27(26)39(31)17-24-11-14-43-24)37-12-13-38(30(40)18-37)28-5-4-6-29(36-28)44-19-22-7-9-23(34-2)16-25(22)33/h4-10,15-16,20,24H,11-14,17-19H2,1,3H3/t20-,24-/m0/s1. The lowest BCUT2D eigenvalue weighted by atomic mass is 10.1. The van der Waals surface area contributed by atoms with Gasteiger partial charge in [-0.3, -0.25) is 14.6 Å². The molecule has 2 aliphatic heterocycles. The minimum atomic E-state index is -0.521. The van der Waals surface area contributed by atoms with Crippen molar-refractivity contribution in [3.63, 3.8) is 0 Å². The van der Waals surface area contributed by atoms with Crippen LogP contribution in [0, 0.1) is 12.4 Å². The minimum absolute atomic E-state index is 0.0617. The van der Waals surface area contributed by atoms with Crippen LogP contribution < -0.4 is 9.64 Å². The summed E-state index contributed by atoms with van der Waals surface area (Å²) in [6, 6.07) is 14.5. The van der Waals surface area contributed by atoms with Crippen LogP contribution in [-0.2, 0) is 27.4 Å². The highest BCUT2D eigenvalue weighted by atomic mass is 19.1. The van der Waals surface area contributed by atoms with Gasteiger partial charge >= 0.3 is 5.97 Å².